The van der Waals surface area contributed by atoms with Gasteiger partial charge in [0.1, 0.15) is 12.4 Å². The highest BCUT2D eigenvalue weighted by molar-refractivity contribution is 7.99. The maximum absolute atomic E-state index is 12.5. The molecule has 0 spiro atoms. The number of hydrogen-bond acceptors (Lipinski definition) is 7. The molecule has 10 heteroatoms. The first kappa shape index (κ1) is 23.0. The number of halogens is 1. The van der Waals surface area contributed by atoms with Crippen LogP contribution in [0.2, 0.25) is 5.02 Å². The van der Waals surface area contributed by atoms with Crippen LogP contribution in [-0.2, 0) is 17.9 Å². The number of aromatic nitrogens is 4. The number of nitrogens with one attached hydrogen (secondary N) is 1. The van der Waals surface area contributed by atoms with Gasteiger partial charge in [-0.3, -0.25) is 9.36 Å². The highest BCUT2D eigenvalue weighted by Gasteiger charge is 2.15. The Hall–Kier alpha value is -3.14. The van der Waals surface area contributed by atoms with Crippen molar-refractivity contribution in [3.63, 3.8) is 0 Å². The monoisotopic (exact) mass is 497 g/mol. The molecule has 0 radical (unpaired) electrons. The van der Waals surface area contributed by atoms with Gasteiger partial charge in [0.2, 0.25) is 5.91 Å². The van der Waals surface area contributed by atoms with Gasteiger partial charge in [0.15, 0.2) is 16.1 Å². The lowest BCUT2D eigenvalue weighted by molar-refractivity contribution is -0.113. The van der Waals surface area contributed by atoms with Crippen LogP contribution in [0.15, 0.2) is 77.8 Å². The number of allylic oxidation sites excluding steroid dienone is 1. The molecular formula is C23H20ClN5O2S2. The van der Waals surface area contributed by atoms with Crippen molar-refractivity contribution in [3.8, 4) is 17.0 Å². The predicted molar refractivity (Wildman–Crippen MR) is 133 cm³/mol. The SMILES string of the molecule is C=CCn1c(COc2ccccc2Cl)nnc1SCC(=O)Nc1nc(-c2ccccc2)cs1. The zero-order chi connectivity index (χ0) is 23.0. The number of para-hydroxylation sites is 1. The lowest BCUT2D eigenvalue weighted by Crippen LogP contribution is -2.15. The van der Waals surface area contributed by atoms with Gasteiger partial charge in [-0.2, -0.15) is 0 Å². The summed E-state index contributed by atoms with van der Waals surface area (Å²) in [7, 11) is 0. The van der Waals surface area contributed by atoms with Crippen LogP contribution >= 0.6 is 34.7 Å². The van der Waals surface area contributed by atoms with E-state index in [4.69, 9.17) is 16.3 Å². The van der Waals surface area contributed by atoms with Crippen molar-refractivity contribution in [3.05, 3.63) is 83.5 Å². The van der Waals surface area contributed by atoms with Gasteiger partial charge in [-0.05, 0) is 12.1 Å². The van der Waals surface area contributed by atoms with Crippen molar-refractivity contribution in [2.75, 3.05) is 11.1 Å². The van der Waals surface area contributed by atoms with Crippen LogP contribution in [0.25, 0.3) is 11.3 Å². The summed E-state index contributed by atoms with van der Waals surface area (Å²) in [5.41, 5.74) is 1.84. The standard InChI is InChI=1S/C23H20ClN5O2S2/c1-2-12-29-20(13-31-19-11-7-6-10-17(19)24)27-28-23(29)33-15-21(30)26-22-25-18(14-32-22)16-8-4-3-5-9-16/h2-11,14H,1,12-13,15H2,(H,25,26,30). The van der Waals surface area contributed by atoms with Crippen molar-refractivity contribution >= 4 is 45.7 Å². The Morgan fingerprint density at radius 1 is 1.18 bits per heavy atom. The quantitative estimate of drug-likeness (QED) is 0.228. The summed E-state index contributed by atoms with van der Waals surface area (Å²) in [5.74, 6) is 1.18. The number of ether oxygens (including phenoxy) is 1. The fourth-order valence-corrected chi connectivity index (χ4v) is 4.60. The molecule has 0 aliphatic carbocycles. The summed E-state index contributed by atoms with van der Waals surface area (Å²) in [4.78, 5) is 17.0. The Kier molecular flexibility index (Phi) is 7.77. The summed E-state index contributed by atoms with van der Waals surface area (Å²) < 4.78 is 7.64. The molecule has 7 nitrogen and oxygen atoms in total. The molecule has 2 aromatic carbocycles. The first-order chi connectivity index (χ1) is 16.1. The van der Waals surface area contributed by atoms with Gasteiger partial charge in [0.05, 0.1) is 16.5 Å². The third-order valence-electron chi connectivity index (χ3n) is 4.45. The fourth-order valence-electron chi connectivity index (χ4n) is 2.91. The third kappa shape index (κ3) is 6.01. The predicted octanol–water partition coefficient (Wildman–Crippen LogP) is 5.55. The van der Waals surface area contributed by atoms with Crippen LogP contribution in [0.3, 0.4) is 0 Å². The topological polar surface area (TPSA) is 81.9 Å². The lowest BCUT2D eigenvalue weighted by atomic mass is 10.2. The second-order valence-electron chi connectivity index (χ2n) is 6.76. The van der Waals surface area contributed by atoms with Gasteiger partial charge in [0, 0.05) is 17.5 Å². The summed E-state index contributed by atoms with van der Waals surface area (Å²) in [5, 5.41) is 14.9. The molecule has 1 N–H and O–H groups in total. The van der Waals surface area contributed by atoms with E-state index in [2.05, 4.69) is 27.1 Å². The molecule has 0 unspecified atom stereocenters. The van der Waals surface area contributed by atoms with Gasteiger partial charge >= 0.3 is 0 Å². The fraction of sp³-hybridized carbons (Fsp3) is 0.130. The molecule has 0 atom stereocenters. The van der Waals surface area contributed by atoms with E-state index in [1.165, 1.54) is 23.1 Å². The maximum Gasteiger partial charge on any atom is 0.236 e. The molecule has 0 saturated carbocycles. The number of carbonyl (C=O) groups excluding carboxylic acids is 1. The number of carbonyl (C=O) groups is 1. The molecule has 0 aliphatic rings. The van der Waals surface area contributed by atoms with E-state index in [9.17, 15) is 4.79 Å². The van der Waals surface area contributed by atoms with Crippen LogP contribution in [0.4, 0.5) is 5.13 Å². The van der Waals surface area contributed by atoms with E-state index in [1.54, 1.807) is 18.2 Å². The molecule has 33 heavy (non-hydrogen) atoms. The van der Waals surface area contributed by atoms with E-state index in [0.717, 1.165) is 11.3 Å². The van der Waals surface area contributed by atoms with Crippen LogP contribution < -0.4 is 10.1 Å². The van der Waals surface area contributed by atoms with Crippen molar-refractivity contribution in [1.29, 1.82) is 0 Å². The molecule has 1 amide bonds. The number of anilines is 1. The number of amides is 1. The van der Waals surface area contributed by atoms with Crippen LogP contribution in [0.1, 0.15) is 5.82 Å². The van der Waals surface area contributed by atoms with Crippen molar-refractivity contribution in [2.24, 2.45) is 0 Å². The van der Waals surface area contributed by atoms with Crippen LogP contribution in [-0.4, -0.2) is 31.4 Å². The Morgan fingerprint density at radius 3 is 2.76 bits per heavy atom. The highest BCUT2D eigenvalue weighted by atomic mass is 35.5. The molecule has 168 valence electrons. The average Bonchev–Trinajstić information content (AvgIpc) is 3.45. The average molecular weight is 498 g/mol. The zero-order valence-corrected chi connectivity index (χ0v) is 19.9. The Morgan fingerprint density at radius 2 is 1.97 bits per heavy atom. The number of thioether (sulfide) groups is 1. The van der Waals surface area contributed by atoms with Crippen molar-refractivity contribution in [2.45, 2.75) is 18.3 Å². The first-order valence-corrected chi connectivity index (χ1v) is 12.2. The Balaban J connectivity index is 1.36. The van der Waals surface area contributed by atoms with Crippen molar-refractivity contribution < 1.29 is 9.53 Å². The molecule has 0 saturated heterocycles. The Labute approximate surface area is 204 Å². The summed E-state index contributed by atoms with van der Waals surface area (Å²) in [6.45, 7) is 4.48. The van der Waals surface area contributed by atoms with Gasteiger partial charge in [0.25, 0.3) is 0 Å². The maximum atomic E-state index is 12.5. The van der Waals surface area contributed by atoms with E-state index in [1.807, 2.05) is 52.4 Å². The van der Waals surface area contributed by atoms with E-state index < -0.39 is 0 Å². The number of thiazole rings is 1. The summed E-state index contributed by atoms with van der Waals surface area (Å²) >= 11 is 8.82. The Bertz CT molecular complexity index is 1240. The van der Waals surface area contributed by atoms with Gasteiger partial charge in [-0.1, -0.05) is 71.9 Å². The first-order valence-electron chi connectivity index (χ1n) is 9.98. The van der Waals surface area contributed by atoms with Crippen LogP contribution in [0, 0.1) is 0 Å². The zero-order valence-electron chi connectivity index (χ0n) is 17.5. The second-order valence-corrected chi connectivity index (χ2v) is 8.97. The molecule has 0 fully saturated rings. The smallest absolute Gasteiger partial charge is 0.236 e. The van der Waals surface area contributed by atoms with Crippen LogP contribution in [0.5, 0.6) is 5.75 Å². The van der Waals surface area contributed by atoms with E-state index in [-0.39, 0.29) is 18.3 Å². The molecule has 2 heterocycles. The second kappa shape index (κ2) is 11.1. The minimum absolute atomic E-state index is 0.168. The third-order valence-corrected chi connectivity index (χ3v) is 6.49. The van der Waals surface area contributed by atoms with Crippen molar-refractivity contribution in [1.82, 2.24) is 19.7 Å². The molecule has 0 bridgehead atoms. The molecule has 4 rings (SSSR count). The van der Waals surface area contributed by atoms with Gasteiger partial charge in [-0.25, -0.2) is 4.98 Å². The van der Waals surface area contributed by atoms with Gasteiger partial charge < -0.3 is 10.1 Å². The summed E-state index contributed by atoms with van der Waals surface area (Å²) in [6.07, 6.45) is 1.74. The lowest BCUT2D eigenvalue weighted by Gasteiger charge is -2.10. The number of benzene rings is 2. The number of nitrogens with zero attached hydrogens (tertiary/aromatic N) is 4. The molecule has 4 aromatic rings. The molecule has 0 aliphatic heterocycles. The van der Waals surface area contributed by atoms with Gasteiger partial charge in [-0.15, -0.1) is 28.1 Å². The molecule has 2 aromatic heterocycles. The normalized spacial score (nSPS) is 10.7. The molecular weight excluding hydrogens is 478 g/mol. The number of hydrogen-bond donors (Lipinski definition) is 1. The number of rotatable bonds is 10. The van der Waals surface area contributed by atoms with E-state index in [0.29, 0.717) is 33.4 Å². The minimum Gasteiger partial charge on any atom is -0.484 e. The largest absolute Gasteiger partial charge is 0.484 e. The minimum atomic E-state index is -0.170. The summed E-state index contributed by atoms with van der Waals surface area (Å²) in [6, 6.07) is 17.1. The van der Waals surface area contributed by atoms with E-state index >= 15 is 0 Å². The highest BCUT2D eigenvalue weighted by Crippen LogP contribution is 2.26.